The Morgan fingerprint density at radius 2 is 2.11 bits per heavy atom. The largest absolute Gasteiger partial charge is 0.468 e. The van der Waals surface area contributed by atoms with Crippen LogP contribution in [0.1, 0.15) is 5.56 Å². The highest BCUT2D eigenvalue weighted by atomic mass is 79.9. The molecule has 102 valence electrons. The summed E-state index contributed by atoms with van der Waals surface area (Å²) in [7, 11) is 1.26. The normalized spacial score (nSPS) is 16.4. The minimum Gasteiger partial charge on any atom is -0.468 e. The monoisotopic (exact) mass is 327 g/mol. The van der Waals surface area contributed by atoms with Crippen LogP contribution in [-0.2, 0) is 19.1 Å². The number of carbonyl (C=O) groups excluding carboxylic acids is 2. The van der Waals surface area contributed by atoms with Crippen molar-refractivity contribution in [3.05, 3.63) is 28.2 Å². The first-order chi connectivity index (χ1) is 8.99. The first kappa shape index (κ1) is 14.0. The van der Waals surface area contributed by atoms with Crippen molar-refractivity contribution < 1.29 is 19.1 Å². The molecular weight excluding hydrogens is 314 g/mol. The Labute approximate surface area is 119 Å². The van der Waals surface area contributed by atoms with Gasteiger partial charge in [-0.2, -0.15) is 0 Å². The molecule has 0 unspecified atom stereocenters. The summed E-state index contributed by atoms with van der Waals surface area (Å²) in [6, 6.07) is 5.55. The number of carbonyl (C=O) groups is 2. The zero-order valence-corrected chi connectivity index (χ0v) is 12.2. The lowest BCUT2D eigenvalue weighted by atomic mass is 9.84. The number of benzene rings is 1. The summed E-state index contributed by atoms with van der Waals surface area (Å²) in [5.74, 6) is -0.962. The van der Waals surface area contributed by atoms with Gasteiger partial charge >= 0.3 is 5.97 Å². The van der Waals surface area contributed by atoms with Crippen LogP contribution in [-0.4, -0.2) is 32.2 Å². The van der Waals surface area contributed by atoms with Gasteiger partial charge < -0.3 is 14.8 Å². The van der Waals surface area contributed by atoms with Gasteiger partial charge in [0.25, 0.3) is 0 Å². The second-order valence-electron chi connectivity index (χ2n) is 4.48. The Morgan fingerprint density at radius 1 is 1.42 bits per heavy atom. The maximum atomic E-state index is 12.3. The molecule has 1 fully saturated rings. The summed E-state index contributed by atoms with van der Waals surface area (Å²) in [5.41, 5.74) is 0.357. The van der Waals surface area contributed by atoms with Crippen molar-refractivity contribution >= 4 is 33.5 Å². The van der Waals surface area contributed by atoms with Crippen LogP contribution in [0.15, 0.2) is 22.7 Å². The van der Waals surface area contributed by atoms with Crippen LogP contribution in [0.25, 0.3) is 0 Å². The minimum absolute atomic E-state index is 0.0541. The van der Waals surface area contributed by atoms with Gasteiger partial charge in [0.05, 0.1) is 20.3 Å². The van der Waals surface area contributed by atoms with E-state index >= 15 is 0 Å². The van der Waals surface area contributed by atoms with E-state index in [2.05, 4.69) is 26.0 Å². The summed E-state index contributed by atoms with van der Waals surface area (Å²) >= 11 is 3.34. The third-order valence-corrected chi connectivity index (χ3v) is 3.65. The van der Waals surface area contributed by atoms with Gasteiger partial charge in [-0.25, -0.2) is 0 Å². The van der Waals surface area contributed by atoms with E-state index in [1.807, 2.05) is 19.1 Å². The zero-order chi connectivity index (χ0) is 14.0. The van der Waals surface area contributed by atoms with Crippen LogP contribution in [0.4, 0.5) is 5.69 Å². The highest BCUT2D eigenvalue weighted by molar-refractivity contribution is 9.10. The second-order valence-corrected chi connectivity index (χ2v) is 5.40. The molecule has 1 aromatic rings. The molecule has 1 aliphatic rings. The van der Waals surface area contributed by atoms with Crippen molar-refractivity contribution in [2.24, 2.45) is 5.41 Å². The first-order valence-corrected chi connectivity index (χ1v) is 6.53. The van der Waals surface area contributed by atoms with Gasteiger partial charge in [0, 0.05) is 10.2 Å². The van der Waals surface area contributed by atoms with E-state index < -0.39 is 17.3 Å². The van der Waals surface area contributed by atoms with Crippen molar-refractivity contribution in [1.82, 2.24) is 0 Å². The molecule has 1 amide bonds. The molecule has 2 rings (SSSR count). The van der Waals surface area contributed by atoms with Gasteiger partial charge in [-0.1, -0.05) is 22.0 Å². The summed E-state index contributed by atoms with van der Waals surface area (Å²) in [6.45, 7) is 1.99. The van der Waals surface area contributed by atoms with Gasteiger partial charge in [-0.3, -0.25) is 9.59 Å². The van der Waals surface area contributed by atoms with Crippen LogP contribution in [0.3, 0.4) is 0 Å². The number of ether oxygens (including phenoxy) is 2. The van der Waals surface area contributed by atoms with Crippen molar-refractivity contribution in [2.75, 3.05) is 25.6 Å². The third-order valence-electron chi connectivity index (χ3n) is 3.16. The fourth-order valence-electron chi connectivity index (χ4n) is 1.81. The molecule has 0 bridgehead atoms. The van der Waals surface area contributed by atoms with E-state index in [9.17, 15) is 9.59 Å². The van der Waals surface area contributed by atoms with Gasteiger partial charge in [-0.15, -0.1) is 0 Å². The smallest absolute Gasteiger partial charge is 0.326 e. The van der Waals surface area contributed by atoms with Crippen molar-refractivity contribution in [3.63, 3.8) is 0 Å². The van der Waals surface area contributed by atoms with Crippen LogP contribution in [0.5, 0.6) is 0 Å². The fraction of sp³-hybridized carbons (Fsp3) is 0.385. The lowest BCUT2D eigenvalue weighted by molar-refractivity contribution is -0.185. The molecular formula is C13H14BrNO4. The number of methoxy groups -OCH3 is 1. The van der Waals surface area contributed by atoms with E-state index in [0.29, 0.717) is 5.69 Å². The molecule has 6 heteroatoms. The number of nitrogens with one attached hydrogen (secondary N) is 1. The van der Waals surface area contributed by atoms with Crippen LogP contribution < -0.4 is 5.32 Å². The maximum Gasteiger partial charge on any atom is 0.326 e. The fourth-order valence-corrected chi connectivity index (χ4v) is 2.18. The summed E-state index contributed by atoms with van der Waals surface area (Å²) in [4.78, 5) is 24.0. The molecule has 0 saturated carbocycles. The molecule has 1 aromatic carbocycles. The Balaban J connectivity index is 2.21. The van der Waals surface area contributed by atoms with E-state index in [4.69, 9.17) is 4.74 Å². The average molecular weight is 328 g/mol. The highest BCUT2D eigenvalue weighted by Crippen LogP contribution is 2.31. The maximum absolute atomic E-state index is 12.3. The van der Waals surface area contributed by atoms with Gasteiger partial charge in [0.15, 0.2) is 5.41 Å². The number of halogens is 1. The van der Waals surface area contributed by atoms with E-state index in [1.165, 1.54) is 7.11 Å². The molecule has 0 aliphatic carbocycles. The van der Waals surface area contributed by atoms with Crippen LogP contribution in [0, 0.1) is 12.3 Å². The van der Waals surface area contributed by atoms with Crippen LogP contribution in [0.2, 0.25) is 0 Å². The highest BCUT2D eigenvalue weighted by Gasteiger charge is 2.54. The topological polar surface area (TPSA) is 64.6 Å². The predicted octanol–water partition coefficient (Wildman–Crippen LogP) is 1.89. The molecule has 0 atom stereocenters. The van der Waals surface area contributed by atoms with E-state index in [-0.39, 0.29) is 13.2 Å². The minimum atomic E-state index is -1.22. The quantitative estimate of drug-likeness (QED) is 0.680. The number of amides is 1. The van der Waals surface area contributed by atoms with Crippen molar-refractivity contribution in [2.45, 2.75) is 6.92 Å². The van der Waals surface area contributed by atoms with Crippen molar-refractivity contribution in [3.8, 4) is 0 Å². The lowest BCUT2D eigenvalue weighted by Crippen LogP contribution is -2.57. The molecule has 0 aromatic heterocycles. The third kappa shape index (κ3) is 2.50. The summed E-state index contributed by atoms with van der Waals surface area (Å²) < 4.78 is 10.5. The molecule has 0 spiro atoms. The molecule has 19 heavy (non-hydrogen) atoms. The summed E-state index contributed by atoms with van der Waals surface area (Å²) in [6.07, 6.45) is 0. The number of esters is 1. The van der Waals surface area contributed by atoms with Gasteiger partial charge in [0.2, 0.25) is 5.91 Å². The number of anilines is 1. The molecule has 5 nitrogen and oxygen atoms in total. The Morgan fingerprint density at radius 3 is 2.63 bits per heavy atom. The number of rotatable bonds is 3. The Hall–Kier alpha value is -1.40. The average Bonchev–Trinajstić information content (AvgIpc) is 2.32. The molecule has 1 aliphatic heterocycles. The summed E-state index contributed by atoms with van der Waals surface area (Å²) in [5, 5.41) is 2.76. The number of hydrogen-bond acceptors (Lipinski definition) is 4. The zero-order valence-electron chi connectivity index (χ0n) is 10.7. The molecule has 1 saturated heterocycles. The van der Waals surface area contributed by atoms with Crippen molar-refractivity contribution in [1.29, 1.82) is 0 Å². The van der Waals surface area contributed by atoms with Crippen LogP contribution >= 0.6 is 15.9 Å². The SMILES string of the molecule is COC(=O)C1(C(=O)Nc2cc(Br)ccc2C)COC1. The molecule has 0 radical (unpaired) electrons. The first-order valence-electron chi connectivity index (χ1n) is 5.73. The van der Waals surface area contributed by atoms with E-state index in [0.717, 1.165) is 10.0 Å². The molecule has 1 heterocycles. The van der Waals surface area contributed by atoms with Gasteiger partial charge in [-0.05, 0) is 24.6 Å². The molecule has 1 N–H and O–H groups in total. The number of aryl methyl sites for hydroxylation is 1. The van der Waals surface area contributed by atoms with Gasteiger partial charge in [0.1, 0.15) is 0 Å². The Kier molecular flexibility index (Phi) is 3.91. The predicted molar refractivity (Wildman–Crippen MR) is 72.8 cm³/mol. The number of hydrogen-bond donors (Lipinski definition) is 1. The van der Waals surface area contributed by atoms with E-state index in [1.54, 1.807) is 6.07 Å². The second kappa shape index (κ2) is 5.30. The standard InChI is InChI=1S/C13H14BrNO4/c1-8-3-4-9(14)5-10(8)15-11(16)13(6-19-7-13)12(17)18-2/h3-5H,6-7H2,1-2H3,(H,15,16). The lowest BCUT2D eigenvalue weighted by Gasteiger charge is -2.36. The Bertz CT molecular complexity index is 525.